The Kier molecular flexibility index (Phi) is 5.28. The molecule has 1 aliphatic rings. The van der Waals surface area contributed by atoms with Crippen molar-refractivity contribution in [2.24, 2.45) is 5.92 Å². The lowest BCUT2D eigenvalue weighted by molar-refractivity contribution is -0.154. The molecule has 1 heterocycles. The lowest BCUT2D eigenvalue weighted by atomic mass is 10.1. The van der Waals surface area contributed by atoms with Crippen LogP contribution in [0.15, 0.2) is 30.3 Å². The highest BCUT2D eigenvalue weighted by Gasteiger charge is 2.41. The summed E-state index contributed by atoms with van der Waals surface area (Å²) in [5.74, 6) is 0.472. The zero-order chi connectivity index (χ0) is 15.4. The van der Waals surface area contributed by atoms with E-state index in [1.54, 1.807) is 16.7 Å². The average Bonchev–Trinajstić information content (AvgIpc) is 2.90. The fourth-order valence-electron chi connectivity index (χ4n) is 2.29. The zero-order valence-corrected chi connectivity index (χ0v) is 13.4. The molecule has 2 unspecified atom stereocenters. The summed E-state index contributed by atoms with van der Waals surface area (Å²) in [5.41, 5.74) is 1.04. The minimum Gasteiger partial charge on any atom is -0.464 e. The van der Waals surface area contributed by atoms with Crippen molar-refractivity contribution in [1.82, 2.24) is 4.90 Å². The summed E-state index contributed by atoms with van der Waals surface area (Å²) in [5, 5.41) is -0.111. The number of amides is 1. The predicted molar refractivity (Wildman–Crippen MR) is 83.7 cm³/mol. The van der Waals surface area contributed by atoms with Gasteiger partial charge in [0.25, 0.3) is 0 Å². The summed E-state index contributed by atoms with van der Waals surface area (Å²) >= 11 is 1.61. The Hall–Kier alpha value is -1.49. The second-order valence-corrected chi connectivity index (χ2v) is 6.68. The maximum Gasteiger partial charge on any atom is 0.329 e. The van der Waals surface area contributed by atoms with Crippen LogP contribution in [0.3, 0.4) is 0 Å². The maximum absolute atomic E-state index is 12.2. The number of carbonyl (C=O) groups is 2. The lowest BCUT2D eigenvalue weighted by Gasteiger charge is -2.27. The molecular formula is C16H21NO3S. The van der Waals surface area contributed by atoms with Gasteiger partial charge in [-0.1, -0.05) is 44.2 Å². The third-order valence-corrected chi connectivity index (χ3v) is 4.60. The Morgan fingerprint density at radius 1 is 1.33 bits per heavy atom. The number of ether oxygens (including phenoxy) is 1. The molecule has 1 aromatic carbocycles. The number of rotatable bonds is 4. The van der Waals surface area contributed by atoms with E-state index in [-0.39, 0.29) is 17.3 Å². The standard InChI is InChI=1S/C16H21NO3S/c1-11(2)9-20-16(19)14-10-21-15(17(14)12(3)18)13-7-5-4-6-8-13/h4-8,11,14-15H,9-10H2,1-3H3. The first-order valence-electron chi connectivity index (χ1n) is 7.12. The highest BCUT2D eigenvalue weighted by molar-refractivity contribution is 7.99. The van der Waals surface area contributed by atoms with Gasteiger partial charge in [0.15, 0.2) is 0 Å². The van der Waals surface area contributed by atoms with Crippen molar-refractivity contribution in [3.63, 3.8) is 0 Å². The van der Waals surface area contributed by atoms with Gasteiger partial charge in [-0.3, -0.25) is 4.79 Å². The Morgan fingerprint density at radius 3 is 2.57 bits per heavy atom. The molecular weight excluding hydrogens is 286 g/mol. The molecule has 1 aliphatic heterocycles. The number of hydrogen-bond acceptors (Lipinski definition) is 4. The molecule has 0 saturated carbocycles. The molecule has 0 aromatic heterocycles. The Bertz CT molecular complexity index is 504. The van der Waals surface area contributed by atoms with Gasteiger partial charge in [0.1, 0.15) is 11.4 Å². The van der Waals surface area contributed by atoms with Gasteiger partial charge < -0.3 is 9.64 Å². The van der Waals surface area contributed by atoms with Gasteiger partial charge in [-0.05, 0) is 11.5 Å². The summed E-state index contributed by atoms with van der Waals surface area (Å²) in [6.45, 7) is 5.88. The van der Waals surface area contributed by atoms with Crippen LogP contribution in [0.25, 0.3) is 0 Å². The van der Waals surface area contributed by atoms with E-state index < -0.39 is 6.04 Å². The molecule has 21 heavy (non-hydrogen) atoms. The Morgan fingerprint density at radius 2 is 2.00 bits per heavy atom. The van der Waals surface area contributed by atoms with Crippen LogP contribution in [0.2, 0.25) is 0 Å². The third kappa shape index (κ3) is 3.79. The monoisotopic (exact) mass is 307 g/mol. The largest absolute Gasteiger partial charge is 0.464 e. The van der Waals surface area contributed by atoms with Crippen LogP contribution in [0, 0.1) is 5.92 Å². The summed E-state index contributed by atoms with van der Waals surface area (Å²) in [4.78, 5) is 25.8. The fourth-order valence-corrected chi connectivity index (χ4v) is 3.76. The van der Waals surface area contributed by atoms with Crippen LogP contribution in [0.1, 0.15) is 31.7 Å². The highest BCUT2D eigenvalue weighted by Crippen LogP contribution is 2.41. The molecule has 0 aliphatic carbocycles. The first-order valence-corrected chi connectivity index (χ1v) is 8.17. The van der Waals surface area contributed by atoms with Gasteiger partial charge in [-0.25, -0.2) is 4.79 Å². The predicted octanol–water partition coefficient (Wildman–Crippen LogP) is 2.85. The van der Waals surface area contributed by atoms with E-state index >= 15 is 0 Å². The van der Waals surface area contributed by atoms with E-state index in [1.165, 1.54) is 6.92 Å². The smallest absolute Gasteiger partial charge is 0.329 e. The molecule has 0 spiro atoms. The molecule has 5 heteroatoms. The van der Waals surface area contributed by atoms with E-state index in [4.69, 9.17) is 4.74 Å². The number of carbonyl (C=O) groups excluding carboxylic acids is 2. The molecule has 114 valence electrons. The lowest BCUT2D eigenvalue weighted by Crippen LogP contribution is -2.43. The third-order valence-electron chi connectivity index (χ3n) is 3.28. The molecule has 0 radical (unpaired) electrons. The van der Waals surface area contributed by atoms with Gasteiger partial charge >= 0.3 is 5.97 Å². The first kappa shape index (κ1) is 15.9. The van der Waals surface area contributed by atoms with Crippen LogP contribution in [-0.2, 0) is 14.3 Å². The zero-order valence-electron chi connectivity index (χ0n) is 12.6. The summed E-state index contributed by atoms with van der Waals surface area (Å²) in [6.07, 6.45) is 0. The van der Waals surface area contributed by atoms with Crippen LogP contribution in [0.5, 0.6) is 0 Å². The van der Waals surface area contributed by atoms with Crippen molar-refractivity contribution in [3.05, 3.63) is 35.9 Å². The average molecular weight is 307 g/mol. The molecule has 1 amide bonds. The van der Waals surface area contributed by atoms with Crippen LogP contribution in [-0.4, -0.2) is 35.2 Å². The molecule has 1 fully saturated rings. The van der Waals surface area contributed by atoms with E-state index in [2.05, 4.69) is 0 Å². The van der Waals surface area contributed by atoms with Crippen molar-refractivity contribution in [2.75, 3.05) is 12.4 Å². The summed E-state index contributed by atoms with van der Waals surface area (Å²) in [7, 11) is 0. The number of nitrogens with zero attached hydrogens (tertiary/aromatic N) is 1. The van der Waals surface area contributed by atoms with Gasteiger partial charge in [0.2, 0.25) is 5.91 Å². The fraction of sp³-hybridized carbons (Fsp3) is 0.500. The Balaban J connectivity index is 2.14. The molecule has 0 N–H and O–H groups in total. The summed E-state index contributed by atoms with van der Waals surface area (Å²) < 4.78 is 5.31. The molecule has 1 aromatic rings. The number of benzene rings is 1. The van der Waals surface area contributed by atoms with Crippen molar-refractivity contribution in [3.8, 4) is 0 Å². The first-order chi connectivity index (χ1) is 10.0. The van der Waals surface area contributed by atoms with Crippen molar-refractivity contribution in [2.45, 2.75) is 32.2 Å². The van der Waals surface area contributed by atoms with Gasteiger partial charge in [-0.2, -0.15) is 0 Å². The topological polar surface area (TPSA) is 46.6 Å². The Labute approximate surface area is 129 Å². The van der Waals surface area contributed by atoms with Gasteiger partial charge in [-0.15, -0.1) is 11.8 Å². The minimum absolute atomic E-state index is 0.0969. The molecule has 1 saturated heterocycles. The molecule has 2 rings (SSSR count). The number of esters is 1. The van der Waals surface area contributed by atoms with E-state index in [0.717, 1.165) is 5.56 Å². The second-order valence-electron chi connectivity index (χ2n) is 5.56. The maximum atomic E-state index is 12.2. The van der Waals surface area contributed by atoms with E-state index in [0.29, 0.717) is 18.3 Å². The van der Waals surface area contributed by atoms with Crippen molar-refractivity contribution in [1.29, 1.82) is 0 Å². The number of thioether (sulfide) groups is 1. The minimum atomic E-state index is -0.489. The van der Waals surface area contributed by atoms with Crippen molar-refractivity contribution < 1.29 is 14.3 Å². The second kappa shape index (κ2) is 6.98. The number of hydrogen-bond donors (Lipinski definition) is 0. The quantitative estimate of drug-likeness (QED) is 0.803. The van der Waals surface area contributed by atoms with Gasteiger partial charge in [0.05, 0.1) is 6.61 Å². The van der Waals surface area contributed by atoms with Crippen LogP contribution in [0.4, 0.5) is 0 Å². The van der Waals surface area contributed by atoms with E-state index in [1.807, 2.05) is 44.2 Å². The summed E-state index contributed by atoms with van der Waals surface area (Å²) in [6, 6.07) is 9.30. The molecule has 4 nitrogen and oxygen atoms in total. The van der Waals surface area contributed by atoms with E-state index in [9.17, 15) is 9.59 Å². The normalized spacial score (nSPS) is 21.6. The highest BCUT2D eigenvalue weighted by atomic mass is 32.2. The van der Waals surface area contributed by atoms with Crippen LogP contribution >= 0.6 is 11.8 Å². The molecule has 2 atom stereocenters. The van der Waals surface area contributed by atoms with Crippen molar-refractivity contribution >= 4 is 23.6 Å². The van der Waals surface area contributed by atoms with Gasteiger partial charge in [0, 0.05) is 12.7 Å². The molecule has 0 bridgehead atoms. The van der Waals surface area contributed by atoms with Crippen LogP contribution < -0.4 is 0 Å². The SMILES string of the molecule is CC(=O)N1C(C(=O)OCC(C)C)CSC1c1ccccc1.